The number of allylic oxidation sites excluding steroid dienone is 15. The van der Waals surface area contributed by atoms with Crippen LogP contribution in [0.4, 0.5) is 37.7 Å². The second-order valence-corrected chi connectivity index (χ2v) is 16.2. The molecule has 60 heavy (non-hydrogen) atoms. The fourth-order valence-corrected chi connectivity index (χ4v) is 10.2. The zero-order chi connectivity index (χ0) is 41.2. The molecule has 1 heterocycles. The summed E-state index contributed by atoms with van der Waals surface area (Å²) in [6.45, 7) is 0. The third kappa shape index (κ3) is 6.52. The number of fused-ring (bicyclic) bond motifs is 5. The Kier molecular flexibility index (Phi) is 9.49. The van der Waals surface area contributed by atoms with Gasteiger partial charge >= 0.3 is 12.4 Å². The summed E-state index contributed by atoms with van der Waals surface area (Å²) in [5, 5.41) is 2.02. The second-order valence-electron chi connectivity index (χ2n) is 16.2. The Labute approximate surface area is 345 Å². The third-order valence-electron chi connectivity index (χ3n) is 12.8. The number of hydrogen-bond acceptors (Lipinski definition) is 2. The van der Waals surface area contributed by atoms with Gasteiger partial charge in [0.05, 0.1) is 23.6 Å². The van der Waals surface area contributed by atoms with E-state index in [1.54, 1.807) is 42.5 Å². The molecule has 0 spiro atoms. The van der Waals surface area contributed by atoms with Gasteiger partial charge in [0.15, 0.2) is 0 Å². The molecule has 0 N–H and O–H groups in total. The van der Waals surface area contributed by atoms with Crippen molar-refractivity contribution in [2.75, 3.05) is 9.80 Å². The molecular formula is C52H42F6N2. The van der Waals surface area contributed by atoms with Gasteiger partial charge in [-0.1, -0.05) is 128 Å². The molecule has 2 nitrogen and oxygen atoms in total. The predicted octanol–water partition coefficient (Wildman–Crippen LogP) is 14.5. The van der Waals surface area contributed by atoms with Crippen LogP contribution in [0.1, 0.15) is 61.1 Å². The van der Waals surface area contributed by atoms with E-state index in [-0.39, 0.29) is 24.1 Å². The highest BCUT2D eigenvalue weighted by atomic mass is 19.4. The Hall–Kier alpha value is -6.02. The molecule has 4 unspecified atom stereocenters. The molecule has 0 fully saturated rings. The van der Waals surface area contributed by atoms with Crippen LogP contribution in [-0.2, 0) is 0 Å². The van der Waals surface area contributed by atoms with Crippen LogP contribution >= 0.6 is 0 Å². The van der Waals surface area contributed by atoms with Crippen molar-refractivity contribution in [2.24, 2.45) is 5.92 Å². The van der Waals surface area contributed by atoms with Crippen molar-refractivity contribution in [3.05, 3.63) is 192 Å². The number of benzene rings is 4. The minimum atomic E-state index is -4.63. The lowest BCUT2D eigenvalue weighted by Crippen LogP contribution is -2.36. The van der Waals surface area contributed by atoms with Crippen LogP contribution in [0.5, 0.6) is 0 Å². The molecule has 0 bridgehead atoms. The Bertz CT molecular complexity index is 2730. The maximum Gasteiger partial charge on any atom is 0.416 e. The molecule has 0 radical (unpaired) electrons. The lowest BCUT2D eigenvalue weighted by molar-refractivity contribution is -0.164. The van der Waals surface area contributed by atoms with Gasteiger partial charge in [0.1, 0.15) is 0 Å². The molecule has 4 atom stereocenters. The normalized spacial score (nSPS) is 23.6. The van der Waals surface area contributed by atoms with E-state index < -0.39 is 29.8 Å². The molecule has 4 aromatic rings. The van der Waals surface area contributed by atoms with Gasteiger partial charge < -0.3 is 9.80 Å². The van der Waals surface area contributed by atoms with Crippen LogP contribution in [0.2, 0.25) is 0 Å². The Balaban J connectivity index is 1.15. The molecule has 0 aromatic heterocycles. The van der Waals surface area contributed by atoms with Crippen molar-refractivity contribution in [3.8, 4) is 0 Å². The number of rotatable bonds is 6. The molecule has 302 valence electrons. The van der Waals surface area contributed by atoms with Gasteiger partial charge in [-0.05, 0) is 113 Å². The van der Waals surface area contributed by atoms with Crippen molar-refractivity contribution in [1.82, 2.24) is 0 Å². The van der Waals surface area contributed by atoms with Crippen molar-refractivity contribution < 1.29 is 26.3 Å². The molecule has 0 saturated carbocycles. The maximum atomic E-state index is 14.9. The summed E-state index contributed by atoms with van der Waals surface area (Å²) in [6, 6.07) is 21.3. The third-order valence-corrected chi connectivity index (χ3v) is 12.8. The smallest absolute Gasteiger partial charge is 0.338 e. The maximum absolute atomic E-state index is 14.9. The summed E-state index contributed by atoms with van der Waals surface area (Å²) in [5.74, 6) is -2.89. The van der Waals surface area contributed by atoms with Gasteiger partial charge in [-0.3, -0.25) is 0 Å². The molecule has 5 aliphatic carbocycles. The highest BCUT2D eigenvalue weighted by molar-refractivity contribution is 6.15. The fraction of sp³-hybridized carbons (Fsp3) is 0.231. The molecule has 0 saturated heterocycles. The largest absolute Gasteiger partial charge is 0.416 e. The Morgan fingerprint density at radius 3 is 2.22 bits per heavy atom. The molecule has 1 aliphatic heterocycles. The molecular weight excluding hydrogens is 767 g/mol. The summed E-state index contributed by atoms with van der Waals surface area (Å²) in [6.07, 6.45) is 22.8. The van der Waals surface area contributed by atoms with Gasteiger partial charge in [-0.15, -0.1) is 0 Å². The first-order valence-corrected chi connectivity index (χ1v) is 20.7. The molecule has 0 amide bonds. The zero-order valence-electron chi connectivity index (χ0n) is 32.7. The number of halogens is 6. The molecule has 8 heteroatoms. The number of para-hydroxylation sites is 1. The minimum Gasteiger partial charge on any atom is -0.338 e. The number of nitrogens with zero attached hydrogens (tertiary/aromatic N) is 2. The quantitative estimate of drug-likeness (QED) is 0.141. The summed E-state index contributed by atoms with van der Waals surface area (Å²) >= 11 is 0. The summed E-state index contributed by atoms with van der Waals surface area (Å²) in [4.78, 5) is 4.70. The standard InChI is InChI=1S/C52H42F6N2/c53-51(54,55)45-22-10-6-20-42(45)49-39-18-4-5-19-40(39)50(43-21-7-11-23-46(43)52(56,57)58)44-32-36(30-31-41(44)49)59(33-14-2-1-3-15-33)34-26-28-35(29-27-34)60-47-24-12-8-16-37(47)38-17-9-13-25-48(38)60/h1-2,4-6,8-10,12-14,16-24,26,28-32,34,42,45,48H,3,7,11,15,25,27H2. The highest BCUT2D eigenvalue weighted by Crippen LogP contribution is 2.52. The van der Waals surface area contributed by atoms with E-state index in [0.29, 0.717) is 45.5 Å². The highest BCUT2D eigenvalue weighted by Gasteiger charge is 2.45. The second kappa shape index (κ2) is 14.9. The SMILES string of the molecule is FC(F)(F)C1=CCCC=C1c1c2ccccc2c(C2C=CC=CC2C(F)(F)F)c2ccc(N(C3=CC=CCC3)C3C=CC(N4c5ccccc5C5=CC=CCC54)=CC3)cc12. The van der Waals surface area contributed by atoms with Crippen molar-refractivity contribution in [3.63, 3.8) is 0 Å². The van der Waals surface area contributed by atoms with Gasteiger partial charge in [0.2, 0.25) is 0 Å². The van der Waals surface area contributed by atoms with Crippen LogP contribution in [0.25, 0.3) is 32.7 Å². The van der Waals surface area contributed by atoms with Crippen LogP contribution in [0.15, 0.2) is 175 Å². The number of anilines is 2. The number of hydrogen-bond donors (Lipinski definition) is 0. The minimum absolute atomic E-state index is 0.0680. The van der Waals surface area contributed by atoms with Crippen molar-refractivity contribution in [2.45, 2.75) is 68.9 Å². The van der Waals surface area contributed by atoms with Crippen LogP contribution < -0.4 is 9.80 Å². The fourth-order valence-electron chi connectivity index (χ4n) is 10.2. The molecule has 10 rings (SSSR count). The van der Waals surface area contributed by atoms with E-state index in [2.05, 4.69) is 82.7 Å². The average molecular weight is 809 g/mol. The first-order chi connectivity index (χ1) is 29.1. The van der Waals surface area contributed by atoms with E-state index in [1.165, 1.54) is 35.1 Å². The van der Waals surface area contributed by atoms with Crippen LogP contribution in [0.3, 0.4) is 0 Å². The molecule has 4 aromatic carbocycles. The van der Waals surface area contributed by atoms with Gasteiger partial charge in [-0.2, -0.15) is 26.3 Å². The molecule has 6 aliphatic rings. The van der Waals surface area contributed by atoms with Gasteiger partial charge in [0, 0.05) is 34.3 Å². The lowest BCUT2D eigenvalue weighted by atomic mass is 9.75. The van der Waals surface area contributed by atoms with Crippen LogP contribution in [-0.4, -0.2) is 24.4 Å². The van der Waals surface area contributed by atoms with Crippen molar-refractivity contribution in [1.29, 1.82) is 0 Å². The van der Waals surface area contributed by atoms with E-state index in [1.807, 2.05) is 24.3 Å². The predicted molar refractivity (Wildman–Crippen MR) is 232 cm³/mol. The first kappa shape index (κ1) is 38.2. The lowest BCUT2D eigenvalue weighted by Gasteiger charge is -2.38. The van der Waals surface area contributed by atoms with Crippen LogP contribution in [0, 0.1) is 5.92 Å². The van der Waals surface area contributed by atoms with E-state index in [9.17, 15) is 26.3 Å². The summed E-state index contributed by atoms with van der Waals surface area (Å²) < 4.78 is 89.3. The van der Waals surface area contributed by atoms with Gasteiger partial charge in [0.25, 0.3) is 0 Å². The summed E-state index contributed by atoms with van der Waals surface area (Å²) in [5.41, 5.74) is 6.87. The summed E-state index contributed by atoms with van der Waals surface area (Å²) in [7, 11) is 0. The Morgan fingerprint density at radius 2 is 1.43 bits per heavy atom. The van der Waals surface area contributed by atoms with E-state index in [4.69, 9.17) is 0 Å². The zero-order valence-corrected chi connectivity index (χ0v) is 32.7. The Morgan fingerprint density at radius 1 is 0.667 bits per heavy atom. The average Bonchev–Trinajstić information content (AvgIpc) is 3.60. The monoisotopic (exact) mass is 808 g/mol. The van der Waals surface area contributed by atoms with E-state index >= 15 is 0 Å². The topological polar surface area (TPSA) is 6.48 Å². The number of alkyl halides is 6. The van der Waals surface area contributed by atoms with Gasteiger partial charge in [-0.25, -0.2) is 0 Å². The first-order valence-electron chi connectivity index (χ1n) is 20.7. The van der Waals surface area contributed by atoms with E-state index in [0.717, 1.165) is 36.3 Å². The van der Waals surface area contributed by atoms with Crippen molar-refractivity contribution >= 4 is 44.1 Å².